The molecule has 0 saturated carbocycles. The Balaban J connectivity index is 2.76. The van der Waals surface area contributed by atoms with Crippen molar-refractivity contribution in [2.45, 2.75) is 39.3 Å². The van der Waals surface area contributed by atoms with Gasteiger partial charge < -0.3 is 15.5 Å². The van der Waals surface area contributed by atoms with Crippen LogP contribution in [0.4, 0.5) is 0 Å². The number of benzene rings is 1. The van der Waals surface area contributed by atoms with Crippen molar-refractivity contribution < 1.29 is 19.8 Å². The van der Waals surface area contributed by atoms with Crippen LogP contribution in [0.1, 0.15) is 26.3 Å². The summed E-state index contributed by atoms with van der Waals surface area (Å²) in [6.07, 6.45) is -0.657. The van der Waals surface area contributed by atoms with Crippen LogP contribution in [0.5, 0.6) is 0 Å². The molecule has 110 valence electrons. The van der Waals surface area contributed by atoms with Crippen molar-refractivity contribution >= 4 is 11.9 Å². The second-order valence-electron chi connectivity index (χ2n) is 5.58. The minimum Gasteiger partial charge on any atom is -0.480 e. The monoisotopic (exact) mass is 279 g/mol. The van der Waals surface area contributed by atoms with Crippen LogP contribution in [-0.2, 0) is 16.0 Å². The first kappa shape index (κ1) is 16.2. The number of aliphatic carboxylic acids is 1. The second-order valence-corrected chi connectivity index (χ2v) is 5.58. The van der Waals surface area contributed by atoms with Crippen LogP contribution in [0.15, 0.2) is 30.3 Å². The quantitative estimate of drug-likeness (QED) is 0.730. The summed E-state index contributed by atoms with van der Waals surface area (Å²) in [6, 6.07) is 8.21. The molecule has 3 N–H and O–H groups in total. The molecule has 0 aliphatic carbocycles. The molecule has 0 radical (unpaired) electrons. The van der Waals surface area contributed by atoms with Crippen molar-refractivity contribution in [1.82, 2.24) is 5.32 Å². The third kappa shape index (κ3) is 4.35. The van der Waals surface area contributed by atoms with Crippen LogP contribution < -0.4 is 5.32 Å². The largest absolute Gasteiger partial charge is 0.480 e. The molecule has 0 bridgehead atoms. The van der Waals surface area contributed by atoms with E-state index in [1.807, 2.05) is 30.3 Å². The minimum atomic E-state index is -1.29. The van der Waals surface area contributed by atoms with Gasteiger partial charge in [0.15, 0.2) is 6.04 Å². The number of aliphatic hydroxyl groups is 1. The van der Waals surface area contributed by atoms with Gasteiger partial charge in [-0.15, -0.1) is 0 Å². The summed E-state index contributed by atoms with van der Waals surface area (Å²) in [5, 5.41) is 20.8. The zero-order valence-corrected chi connectivity index (χ0v) is 12.0. The number of aliphatic hydroxyl groups excluding tert-OH is 1. The molecule has 0 aliphatic rings. The van der Waals surface area contributed by atoms with Crippen LogP contribution in [0.2, 0.25) is 0 Å². The van der Waals surface area contributed by atoms with Crippen LogP contribution in [-0.4, -0.2) is 34.2 Å². The number of carbonyl (C=O) groups is 2. The highest BCUT2D eigenvalue weighted by Crippen LogP contribution is 2.22. The van der Waals surface area contributed by atoms with E-state index in [1.165, 1.54) is 6.92 Å². The summed E-state index contributed by atoms with van der Waals surface area (Å²) in [6.45, 7) is 4.83. The Morgan fingerprint density at radius 3 is 2.25 bits per heavy atom. The van der Waals surface area contributed by atoms with Gasteiger partial charge in [0.2, 0.25) is 5.91 Å². The molecule has 1 aromatic carbocycles. The van der Waals surface area contributed by atoms with Crippen molar-refractivity contribution in [3.05, 3.63) is 35.9 Å². The van der Waals surface area contributed by atoms with Crippen molar-refractivity contribution in [3.8, 4) is 0 Å². The summed E-state index contributed by atoms with van der Waals surface area (Å²) in [5.74, 6) is -1.64. The fourth-order valence-corrected chi connectivity index (χ4v) is 1.91. The Bertz CT molecular complexity index is 468. The number of hydrogen-bond acceptors (Lipinski definition) is 3. The molecular formula is C15H21NO4. The molecule has 0 aromatic heterocycles. The summed E-state index contributed by atoms with van der Waals surface area (Å²) >= 11 is 0. The molecular weight excluding hydrogens is 258 g/mol. The highest BCUT2D eigenvalue weighted by Gasteiger charge is 2.33. The maximum atomic E-state index is 12.2. The van der Waals surface area contributed by atoms with Gasteiger partial charge in [-0.3, -0.25) is 4.79 Å². The first-order valence-corrected chi connectivity index (χ1v) is 6.50. The van der Waals surface area contributed by atoms with Crippen molar-refractivity contribution in [3.63, 3.8) is 0 Å². The van der Waals surface area contributed by atoms with Crippen molar-refractivity contribution in [1.29, 1.82) is 0 Å². The Morgan fingerprint density at radius 1 is 1.25 bits per heavy atom. The van der Waals surface area contributed by atoms with Gasteiger partial charge in [0, 0.05) is 5.41 Å². The van der Waals surface area contributed by atoms with E-state index in [2.05, 4.69) is 5.32 Å². The lowest BCUT2D eigenvalue weighted by Gasteiger charge is -2.27. The lowest BCUT2D eigenvalue weighted by atomic mass is 9.84. The fraction of sp³-hybridized carbons (Fsp3) is 0.467. The number of carbonyl (C=O) groups excluding carboxylic acids is 1. The van der Waals surface area contributed by atoms with Gasteiger partial charge in [0.1, 0.15) is 0 Å². The van der Waals surface area contributed by atoms with E-state index >= 15 is 0 Å². The third-order valence-corrected chi connectivity index (χ3v) is 3.14. The molecule has 20 heavy (non-hydrogen) atoms. The predicted molar refractivity (Wildman–Crippen MR) is 75.2 cm³/mol. The average Bonchev–Trinajstić information content (AvgIpc) is 2.35. The Morgan fingerprint density at radius 2 is 1.80 bits per heavy atom. The summed E-state index contributed by atoms with van der Waals surface area (Å²) < 4.78 is 0. The molecule has 0 saturated heterocycles. The van der Waals surface area contributed by atoms with E-state index in [1.54, 1.807) is 13.8 Å². The van der Waals surface area contributed by atoms with E-state index in [9.17, 15) is 14.7 Å². The lowest BCUT2D eigenvalue weighted by molar-refractivity contribution is -0.146. The van der Waals surface area contributed by atoms with Crippen molar-refractivity contribution in [2.75, 3.05) is 0 Å². The van der Waals surface area contributed by atoms with Crippen LogP contribution >= 0.6 is 0 Å². The highest BCUT2D eigenvalue weighted by atomic mass is 16.4. The molecule has 1 amide bonds. The third-order valence-electron chi connectivity index (χ3n) is 3.14. The van der Waals surface area contributed by atoms with Gasteiger partial charge in [0.25, 0.3) is 0 Å². The SMILES string of the molecule is CC(O)C(NC(=O)C(C)(C)Cc1ccccc1)C(=O)O. The molecule has 0 spiro atoms. The molecule has 5 heteroatoms. The van der Waals surface area contributed by atoms with Crippen LogP contribution in [0, 0.1) is 5.41 Å². The Kier molecular flexibility index (Phi) is 5.27. The second kappa shape index (κ2) is 6.52. The lowest BCUT2D eigenvalue weighted by Crippen LogP contribution is -2.51. The van der Waals surface area contributed by atoms with Gasteiger partial charge in [-0.2, -0.15) is 0 Å². The van der Waals surface area contributed by atoms with E-state index in [0.717, 1.165) is 5.56 Å². The van der Waals surface area contributed by atoms with Gasteiger partial charge in [-0.05, 0) is 18.9 Å². The maximum absolute atomic E-state index is 12.2. The topological polar surface area (TPSA) is 86.6 Å². The smallest absolute Gasteiger partial charge is 0.328 e. The van der Waals surface area contributed by atoms with Gasteiger partial charge in [-0.25, -0.2) is 4.79 Å². The highest BCUT2D eigenvalue weighted by molar-refractivity contribution is 5.87. The van der Waals surface area contributed by atoms with Crippen LogP contribution in [0.3, 0.4) is 0 Å². The molecule has 1 aromatic rings. The first-order valence-electron chi connectivity index (χ1n) is 6.50. The van der Waals surface area contributed by atoms with Crippen LogP contribution in [0.25, 0.3) is 0 Å². The summed E-state index contributed by atoms with van der Waals surface area (Å²) in [5.41, 5.74) is 0.237. The number of amides is 1. The zero-order chi connectivity index (χ0) is 15.3. The van der Waals surface area contributed by atoms with E-state index < -0.39 is 29.4 Å². The molecule has 2 unspecified atom stereocenters. The fourth-order valence-electron chi connectivity index (χ4n) is 1.91. The molecule has 0 fully saturated rings. The average molecular weight is 279 g/mol. The number of rotatable bonds is 6. The Labute approximate surface area is 118 Å². The predicted octanol–water partition coefficient (Wildman–Crippen LogP) is 1.21. The summed E-state index contributed by atoms with van der Waals surface area (Å²) in [4.78, 5) is 23.2. The van der Waals surface area contributed by atoms with Gasteiger partial charge in [-0.1, -0.05) is 44.2 Å². The standard InChI is InChI=1S/C15H21NO4/c1-10(17)12(13(18)19)16-14(20)15(2,3)9-11-7-5-4-6-8-11/h4-8,10,12,17H,9H2,1-3H3,(H,16,20)(H,18,19). The number of carboxylic acid groups (broad SMARTS) is 1. The van der Waals surface area contributed by atoms with E-state index in [0.29, 0.717) is 6.42 Å². The summed E-state index contributed by atoms with van der Waals surface area (Å²) in [7, 11) is 0. The minimum absolute atomic E-state index is 0.394. The molecule has 0 heterocycles. The van der Waals surface area contributed by atoms with E-state index in [-0.39, 0.29) is 0 Å². The normalized spacial score (nSPS) is 14.4. The number of nitrogens with one attached hydrogen (secondary N) is 1. The van der Waals surface area contributed by atoms with Gasteiger partial charge in [0.05, 0.1) is 6.10 Å². The molecule has 2 atom stereocenters. The van der Waals surface area contributed by atoms with Gasteiger partial charge >= 0.3 is 5.97 Å². The molecule has 5 nitrogen and oxygen atoms in total. The molecule has 1 rings (SSSR count). The molecule has 0 aliphatic heterocycles. The maximum Gasteiger partial charge on any atom is 0.328 e. The number of carboxylic acids is 1. The van der Waals surface area contributed by atoms with E-state index in [4.69, 9.17) is 5.11 Å². The zero-order valence-electron chi connectivity index (χ0n) is 12.0. The first-order chi connectivity index (χ1) is 9.24. The Hall–Kier alpha value is -1.88. The number of hydrogen-bond donors (Lipinski definition) is 3. The van der Waals surface area contributed by atoms with Crippen molar-refractivity contribution in [2.24, 2.45) is 5.41 Å².